The van der Waals surface area contributed by atoms with Crippen LogP contribution >= 0.6 is 0 Å². The van der Waals surface area contributed by atoms with Crippen molar-refractivity contribution in [1.82, 2.24) is 0 Å². The van der Waals surface area contributed by atoms with E-state index in [9.17, 15) is 0 Å². The molecular weight excluding hydrogens is 851 g/mol. The number of para-hydroxylation sites is 1. The van der Waals surface area contributed by atoms with E-state index in [4.69, 9.17) is 8.83 Å². The summed E-state index contributed by atoms with van der Waals surface area (Å²) in [6.07, 6.45) is 0. The zero-order chi connectivity index (χ0) is 46.2. The molecule has 3 nitrogen and oxygen atoms in total. The minimum absolute atomic E-state index is 0.522. The fourth-order valence-corrected chi connectivity index (χ4v) is 11.4. The maximum atomic E-state index is 6.94. The van der Waals surface area contributed by atoms with Crippen molar-refractivity contribution in [2.45, 2.75) is 5.41 Å². The maximum Gasteiger partial charge on any atom is 0.144 e. The third-order valence-electron chi connectivity index (χ3n) is 14.6. The Morgan fingerprint density at radius 1 is 0.300 bits per heavy atom. The standard InChI is InChI=1S/C67H43NO2/c1-5-17-44(18-6-1)45-29-34-51(35-30-45)68(53-38-40-55-54-25-13-15-27-59(54)67(60(55)42-53,49-21-9-3-10-22-49)50-23-11-4-12-24-50)52-36-31-46(32-37-52)48-33-39-56-58-43-63-65(57-26-14-16-28-61(57)69-63)64(47-19-7-2-8-20-47)66(58)70-62(56)41-48/h1-43H. The van der Waals surface area contributed by atoms with Crippen LogP contribution in [0, 0.1) is 0 Å². The molecule has 0 saturated carbocycles. The van der Waals surface area contributed by atoms with Crippen LogP contribution in [0.5, 0.6) is 0 Å². The number of hydrogen-bond acceptors (Lipinski definition) is 3. The Morgan fingerprint density at radius 3 is 1.51 bits per heavy atom. The van der Waals surface area contributed by atoms with Crippen LogP contribution in [0.4, 0.5) is 17.1 Å². The topological polar surface area (TPSA) is 29.5 Å². The highest BCUT2D eigenvalue weighted by Gasteiger charge is 2.46. The highest BCUT2D eigenvalue weighted by atomic mass is 16.3. The molecule has 0 N–H and O–H groups in total. The normalized spacial score (nSPS) is 12.7. The second-order valence-electron chi connectivity index (χ2n) is 18.3. The Hall–Kier alpha value is -9.18. The summed E-state index contributed by atoms with van der Waals surface area (Å²) in [6, 6.07) is 94.1. The van der Waals surface area contributed by atoms with Gasteiger partial charge in [0.25, 0.3) is 0 Å². The van der Waals surface area contributed by atoms with E-state index in [0.717, 1.165) is 83.2 Å². The SMILES string of the molecule is c1ccc(-c2ccc(N(c3ccc(-c4ccc5c(c4)oc4c(-c6ccccc6)c6c(cc45)oc4ccccc46)cc3)c3ccc4c(c3)C(c3ccccc3)(c3ccccc3)c3ccccc3-4)cc2)cc1. The molecule has 14 rings (SSSR count). The maximum absolute atomic E-state index is 6.94. The van der Waals surface area contributed by atoms with Gasteiger partial charge in [-0.25, -0.2) is 0 Å². The van der Waals surface area contributed by atoms with Crippen molar-refractivity contribution >= 4 is 60.9 Å². The van der Waals surface area contributed by atoms with E-state index < -0.39 is 5.41 Å². The molecule has 0 radical (unpaired) electrons. The van der Waals surface area contributed by atoms with Crippen molar-refractivity contribution in [3.63, 3.8) is 0 Å². The molecule has 0 spiro atoms. The predicted molar refractivity (Wildman–Crippen MR) is 289 cm³/mol. The molecule has 0 atom stereocenters. The summed E-state index contributed by atoms with van der Waals surface area (Å²) in [6.45, 7) is 0. The number of benzene rings is 11. The summed E-state index contributed by atoms with van der Waals surface area (Å²) < 4.78 is 13.4. The van der Waals surface area contributed by atoms with Crippen LogP contribution in [0.15, 0.2) is 270 Å². The molecule has 2 aromatic heterocycles. The molecule has 1 aliphatic carbocycles. The molecular formula is C67H43NO2. The van der Waals surface area contributed by atoms with E-state index in [-0.39, 0.29) is 0 Å². The largest absolute Gasteiger partial charge is 0.456 e. The Balaban J connectivity index is 0.911. The van der Waals surface area contributed by atoms with Crippen LogP contribution in [-0.2, 0) is 5.41 Å². The highest BCUT2D eigenvalue weighted by Crippen LogP contribution is 2.57. The molecule has 13 aromatic rings. The minimum atomic E-state index is -0.522. The molecule has 0 unspecified atom stereocenters. The first-order chi connectivity index (χ1) is 34.7. The molecule has 3 heteroatoms. The van der Waals surface area contributed by atoms with Crippen molar-refractivity contribution in [3.05, 3.63) is 283 Å². The van der Waals surface area contributed by atoms with Crippen molar-refractivity contribution in [2.75, 3.05) is 4.90 Å². The van der Waals surface area contributed by atoms with E-state index in [1.807, 2.05) is 12.1 Å². The van der Waals surface area contributed by atoms with E-state index in [1.54, 1.807) is 0 Å². The number of furan rings is 2. The van der Waals surface area contributed by atoms with Crippen molar-refractivity contribution in [1.29, 1.82) is 0 Å². The molecule has 0 fully saturated rings. The highest BCUT2D eigenvalue weighted by molar-refractivity contribution is 6.23. The quantitative estimate of drug-likeness (QED) is 0.152. The fraction of sp³-hybridized carbons (Fsp3) is 0.0149. The average Bonchev–Trinajstić information content (AvgIpc) is 4.10. The van der Waals surface area contributed by atoms with Gasteiger partial charge in [0.15, 0.2) is 0 Å². The molecule has 2 heterocycles. The van der Waals surface area contributed by atoms with Gasteiger partial charge in [-0.3, -0.25) is 0 Å². The Morgan fingerprint density at radius 2 is 0.829 bits per heavy atom. The summed E-state index contributed by atoms with van der Waals surface area (Å²) in [5.74, 6) is 0. The summed E-state index contributed by atoms with van der Waals surface area (Å²) in [4.78, 5) is 2.40. The number of anilines is 3. The number of rotatable bonds is 8. The van der Waals surface area contributed by atoms with Gasteiger partial charge >= 0.3 is 0 Å². The molecule has 0 aliphatic heterocycles. The predicted octanol–water partition coefficient (Wildman–Crippen LogP) is 18.3. The van der Waals surface area contributed by atoms with Crippen molar-refractivity contribution < 1.29 is 8.83 Å². The van der Waals surface area contributed by atoms with Gasteiger partial charge < -0.3 is 13.7 Å². The lowest BCUT2D eigenvalue weighted by Crippen LogP contribution is -2.28. The first-order valence-corrected chi connectivity index (χ1v) is 24.0. The summed E-state index contributed by atoms with van der Waals surface area (Å²) in [5.41, 5.74) is 20.4. The van der Waals surface area contributed by atoms with Crippen LogP contribution in [-0.4, -0.2) is 0 Å². The number of hydrogen-bond donors (Lipinski definition) is 0. The minimum Gasteiger partial charge on any atom is -0.456 e. The summed E-state index contributed by atoms with van der Waals surface area (Å²) in [5, 5.41) is 4.25. The molecule has 328 valence electrons. The lowest BCUT2D eigenvalue weighted by Gasteiger charge is -2.35. The monoisotopic (exact) mass is 893 g/mol. The first kappa shape index (κ1) is 39.9. The average molecular weight is 894 g/mol. The number of nitrogens with zero attached hydrogens (tertiary/aromatic N) is 1. The molecule has 70 heavy (non-hydrogen) atoms. The Labute approximate surface area is 405 Å². The van der Waals surface area contributed by atoms with Crippen LogP contribution in [0.3, 0.4) is 0 Å². The Kier molecular flexibility index (Phi) is 9.11. The van der Waals surface area contributed by atoms with Gasteiger partial charge in [-0.1, -0.05) is 200 Å². The van der Waals surface area contributed by atoms with Gasteiger partial charge in [0.05, 0.1) is 5.41 Å². The van der Waals surface area contributed by atoms with E-state index >= 15 is 0 Å². The molecule has 0 amide bonds. The summed E-state index contributed by atoms with van der Waals surface area (Å²) in [7, 11) is 0. The van der Waals surface area contributed by atoms with Gasteiger partial charge in [-0.05, 0) is 122 Å². The van der Waals surface area contributed by atoms with Gasteiger partial charge in [0, 0.05) is 44.2 Å². The van der Waals surface area contributed by atoms with Gasteiger partial charge in [0.1, 0.15) is 22.3 Å². The smallest absolute Gasteiger partial charge is 0.144 e. The van der Waals surface area contributed by atoms with E-state index in [1.165, 1.54) is 44.5 Å². The number of fused-ring (bicyclic) bond motifs is 9. The summed E-state index contributed by atoms with van der Waals surface area (Å²) >= 11 is 0. The third-order valence-corrected chi connectivity index (χ3v) is 14.6. The second-order valence-corrected chi connectivity index (χ2v) is 18.3. The fourth-order valence-electron chi connectivity index (χ4n) is 11.4. The second kappa shape index (κ2) is 16.0. The van der Waals surface area contributed by atoms with E-state index in [2.05, 4.69) is 254 Å². The zero-order valence-electron chi connectivity index (χ0n) is 38.1. The lowest BCUT2D eigenvalue weighted by atomic mass is 9.67. The van der Waals surface area contributed by atoms with Gasteiger partial charge in [0.2, 0.25) is 0 Å². The van der Waals surface area contributed by atoms with E-state index in [0.29, 0.717) is 0 Å². The molecule has 11 aromatic carbocycles. The first-order valence-electron chi connectivity index (χ1n) is 24.0. The van der Waals surface area contributed by atoms with Crippen molar-refractivity contribution in [2.24, 2.45) is 0 Å². The van der Waals surface area contributed by atoms with Crippen molar-refractivity contribution in [3.8, 4) is 44.5 Å². The zero-order valence-corrected chi connectivity index (χ0v) is 38.1. The van der Waals surface area contributed by atoms with Crippen LogP contribution in [0.2, 0.25) is 0 Å². The molecule has 0 saturated heterocycles. The van der Waals surface area contributed by atoms with Crippen LogP contribution in [0.25, 0.3) is 88.4 Å². The molecule has 0 bridgehead atoms. The van der Waals surface area contributed by atoms with Crippen LogP contribution < -0.4 is 4.90 Å². The van der Waals surface area contributed by atoms with Gasteiger partial charge in [-0.2, -0.15) is 0 Å². The van der Waals surface area contributed by atoms with Gasteiger partial charge in [-0.15, -0.1) is 0 Å². The molecule has 1 aliphatic rings. The van der Waals surface area contributed by atoms with Crippen LogP contribution in [0.1, 0.15) is 22.3 Å². The Bertz CT molecular complexity index is 4040. The third kappa shape index (κ3) is 6.15. The lowest BCUT2D eigenvalue weighted by molar-refractivity contribution is 0.664.